The molecule has 1 rings (SSSR count). The summed E-state index contributed by atoms with van der Waals surface area (Å²) in [5.74, 6) is 1.20. The maximum Gasteiger partial charge on any atom is 0.165 e. The number of imidazole rings is 1. The van der Waals surface area contributed by atoms with Crippen molar-refractivity contribution in [3.05, 3.63) is 11.9 Å². The van der Waals surface area contributed by atoms with Gasteiger partial charge in [0, 0.05) is 17.6 Å². The third kappa shape index (κ3) is 6.21. The lowest BCUT2D eigenvalue weighted by atomic mass is 10.1. The van der Waals surface area contributed by atoms with E-state index in [4.69, 9.17) is 0 Å². The van der Waals surface area contributed by atoms with Crippen LogP contribution in [0.2, 0.25) is 0 Å². The predicted octanol–water partition coefficient (Wildman–Crippen LogP) is 4.56. The van der Waals surface area contributed by atoms with Crippen molar-refractivity contribution in [3.8, 4) is 0 Å². The normalized spacial score (nSPS) is 10.9. The Morgan fingerprint density at radius 2 is 1.81 bits per heavy atom. The molecule has 0 atom stereocenters. The number of nitrogens with one attached hydrogen (secondary N) is 1. The van der Waals surface area contributed by atoms with Gasteiger partial charge in [-0.05, 0) is 13.3 Å². The summed E-state index contributed by atoms with van der Waals surface area (Å²) < 4.78 is 0. The number of thioether (sulfide) groups is 1. The van der Waals surface area contributed by atoms with E-state index in [1.54, 1.807) is 0 Å². The molecule has 0 radical (unpaired) electrons. The molecule has 16 heavy (non-hydrogen) atoms. The van der Waals surface area contributed by atoms with Crippen LogP contribution in [-0.4, -0.2) is 15.7 Å². The quantitative estimate of drug-likeness (QED) is 0.506. The number of aromatic nitrogens is 2. The second kappa shape index (κ2) is 8.68. The Bertz CT molecular complexity index is 271. The van der Waals surface area contributed by atoms with Crippen LogP contribution in [0.4, 0.5) is 0 Å². The van der Waals surface area contributed by atoms with E-state index in [9.17, 15) is 0 Å². The van der Waals surface area contributed by atoms with Crippen LogP contribution in [0.3, 0.4) is 0 Å². The summed E-state index contributed by atoms with van der Waals surface area (Å²) in [6, 6.07) is 0. The van der Waals surface area contributed by atoms with Crippen LogP contribution < -0.4 is 0 Å². The highest BCUT2D eigenvalue weighted by molar-refractivity contribution is 7.99. The number of aryl methyl sites for hydroxylation is 1. The molecule has 0 saturated heterocycles. The summed E-state index contributed by atoms with van der Waals surface area (Å²) in [6.45, 7) is 4.31. The van der Waals surface area contributed by atoms with E-state index in [1.165, 1.54) is 50.7 Å². The van der Waals surface area contributed by atoms with E-state index in [0.29, 0.717) is 0 Å². The summed E-state index contributed by atoms with van der Waals surface area (Å²) in [5, 5.41) is 1.07. The summed E-state index contributed by atoms with van der Waals surface area (Å²) in [5.41, 5.74) is 1.15. The first-order chi connectivity index (χ1) is 7.83. The van der Waals surface area contributed by atoms with Crippen molar-refractivity contribution in [2.24, 2.45) is 0 Å². The molecule has 1 heterocycles. The molecule has 3 heteroatoms. The number of hydrogen-bond acceptors (Lipinski definition) is 2. The van der Waals surface area contributed by atoms with Gasteiger partial charge in [0.25, 0.3) is 0 Å². The molecule has 0 spiro atoms. The molecule has 0 aromatic carbocycles. The van der Waals surface area contributed by atoms with E-state index >= 15 is 0 Å². The topological polar surface area (TPSA) is 28.7 Å². The second-order valence-electron chi connectivity index (χ2n) is 4.34. The number of rotatable bonds is 9. The van der Waals surface area contributed by atoms with E-state index < -0.39 is 0 Å². The van der Waals surface area contributed by atoms with Crippen molar-refractivity contribution in [3.63, 3.8) is 0 Å². The smallest absolute Gasteiger partial charge is 0.165 e. The Labute approximate surface area is 104 Å². The first-order valence-electron chi connectivity index (χ1n) is 6.47. The minimum atomic E-state index is 1.07. The molecule has 0 saturated carbocycles. The van der Waals surface area contributed by atoms with Gasteiger partial charge >= 0.3 is 0 Å². The minimum absolute atomic E-state index is 1.07. The van der Waals surface area contributed by atoms with Crippen molar-refractivity contribution in [2.75, 3.05) is 5.75 Å². The Hall–Kier alpha value is -0.440. The van der Waals surface area contributed by atoms with E-state index in [1.807, 2.05) is 24.9 Å². The Morgan fingerprint density at radius 1 is 1.12 bits per heavy atom. The van der Waals surface area contributed by atoms with Gasteiger partial charge in [-0.25, -0.2) is 4.98 Å². The molecule has 0 aliphatic carbocycles. The average Bonchev–Trinajstić information content (AvgIpc) is 2.68. The van der Waals surface area contributed by atoms with Crippen LogP contribution in [0.1, 0.15) is 57.6 Å². The van der Waals surface area contributed by atoms with Crippen LogP contribution in [0.5, 0.6) is 0 Å². The van der Waals surface area contributed by atoms with E-state index in [-0.39, 0.29) is 0 Å². The molecule has 0 unspecified atom stereocenters. The summed E-state index contributed by atoms with van der Waals surface area (Å²) in [6.07, 6.45) is 11.6. The van der Waals surface area contributed by atoms with Crippen LogP contribution in [0.15, 0.2) is 11.4 Å². The van der Waals surface area contributed by atoms with Gasteiger partial charge in [-0.15, -0.1) is 0 Å². The lowest BCUT2D eigenvalue weighted by Crippen LogP contribution is -1.84. The second-order valence-corrected chi connectivity index (χ2v) is 5.42. The summed E-state index contributed by atoms with van der Waals surface area (Å²) in [4.78, 5) is 7.53. The van der Waals surface area contributed by atoms with Gasteiger partial charge in [0.15, 0.2) is 5.16 Å². The van der Waals surface area contributed by atoms with Gasteiger partial charge in [-0.3, -0.25) is 0 Å². The number of H-pyrrole nitrogens is 1. The standard InChI is InChI=1S/C13H24N2S/c1-3-4-5-6-7-8-9-10-16-13-14-11-12(2)15-13/h11H,3-10H2,1-2H3,(H,14,15). The van der Waals surface area contributed by atoms with Crippen molar-refractivity contribution < 1.29 is 0 Å². The molecule has 0 amide bonds. The van der Waals surface area contributed by atoms with Gasteiger partial charge in [-0.2, -0.15) is 0 Å². The van der Waals surface area contributed by atoms with Gasteiger partial charge in [0.1, 0.15) is 0 Å². The van der Waals surface area contributed by atoms with Crippen molar-refractivity contribution in [1.82, 2.24) is 9.97 Å². The lowest BCUT2D eigenvalue weighted by Gasteiger charge is -2.00. The maximum atomic E-state index is 4.28. The molecular weight excluding hydrogens is 216 g/mol. The molecule has 1 aromatic heterocycles. The van der Waals surface area contributed by atoms with Gasteiger partial charge in [0.2, 0.25) is 0 Å². The highest BCUT2D eigenvalue weighted by Gasteiger charge is 1.97. The number of hydrogen-bond donors (Lipinski definition) is 1. The SMILES string of the molecule is CCCCCCCCCSc1ncc(C)[nH]1. The Kier molecular flexibility index (Phi) is 7.39. The van der Waals surface area contributed by atoms with Crippen LogP contribution in [0, 0.1) is 6.92 Å². The maximum absolute atomic E-state index is 4.28. The fraction of sp³-hybridized carbons (Fsp3) is 0.769. The van der Waals surface area contributed by atoms with E-state index in [2.05, 4.69) is 16.9 Å². The zero-order valence-corrected chi connectivity index (χ0v) is 11.4. The first kappa shape index (κ1) is 13.6. The molecule has 1 aromatic rings. The number of nitrogens with zero attached hydrogens (tertiary/aromatic N) is 1. The summed E-state index contributed by atoms with van der Waals surface area (Å²) in [7, 11) is 0. The average molecular weight is 240 g/mol. The fourth-order valence-corrected chi connectivity index (χ4v) is 2.59. The van der Waals surface area contributed by atoms with Crippen molar-refractivity contribution in [2.45, 2.75) is 63.9 Å². The van der Waals surface area contributed by atoms with Crippen LogP contribution in [0.25, 0.3) is 0 Å². The predicted molar refractivity (Wildman–Crippen MR) is 72.0 cm³/mol. The Balaban J connectivity index is 1.88. The molecule has 2 nitrogen and oxygen atoms in total. The van der Waals surface area contributed by atoms with Gasteiger partial charge in [0.05, 0.1) is 0 Å². The molecule has 1 N–H and O–H groups in total. The highest BCUT2D eigenvalue weighted by atomic mass is 32.2. The molecule has 0 aliphatic rings. The summed E-state index contributed by atoms with van der Waals surface area (Å²) >= 11 is 1.84. The highest BCUT2D eigenvalue weighted by Crippen LogP contribution is 2.16. The third-order valence-corrected chi connectivity index (χ3v) is 3.64. The van der Waals surface area contributed by atoms with Crippen LogP contribution in [-0.2, 0) is 0 Å². The van der Waals surface area contributed by atoms with Crippen molar-refractivity contribution >= 4 is 11.8 Å². The van der Waals surface area contributed by atoms with Crippen molar-refractivity contribution in [1.29, 1.82) is 0 Å². The lowest BCUT2D eigenvalue weighted by molar-refractivity contribution is 0.603. The third-order valence-electron chi connectivity index (χ3n) is 2.67. The first-order valence-corrected chi connectivity index (χ1v) is 7.46. The number of unbranched alkanes of at least 4 members (excludes halogenated alkanes) is 6. The molecular formula is C13H24N2S. The zero-order chi connectivity index (χ0) is 11.6. The molecule has 0 aliphatic heterocycles. The monoisotopic (exact) mass is 240 g/mol. The minimum Gasteiger partial charge on any atom is -0.337 e. The van der Waals surface area contributed by atoms with E-state index in [0.717, 1.165) is 10.9 Å². The molecule has 92 valence electrons. The van der Waals surface area contributed by atoms with Gasteiger partial charge < -0.3 is 4.98 Å². The van der Waals surface area contributed by atoms with Crippen LogP contribution >= 0.6 is 11.8 Å². The number of aromatic amines is 1. The molecule has 0 bridgehead atoms. The zero-order valence-electron chi connectivity index (χ0n) is 10.6. The Morgan fingerprint density at radius 3 is 2.44 bits per heavy atom. The molecule has 0 fully saturated rings. The fourth-order valence-electron chi connectivity index (χ4n) is 1.69. The van der Waals surface area contributed by atoms with Gasteiger partial charge in [-0.1, -0.05) is 57.2 Å². The largest absolute Gasteiger partial charge is 0.337 e.